The van der Waals surface area contributed by atoms with E-state index in [4.69, 9.17) is 4.74 Å². The molecule has 6 nitrogen and oxygen atoms in total. The third kappa shape index (κ3) is 5.93. The fourth-order valence-electron chi connectivity index (χ4n) is 4.98. The van der Waals surface area contributed by atoms with Crippen LogP contribution in [0.2, 0.25) is 0 Å². The topological polar surface area (TPSA) is 43.3 Å². The summed E-state index contributed by atoms with van der Waals surface area (Å²) < 4.78 is 5.35. The van der Waals surface area contributed by atoms with Gasteiger partial charge in [0.15, 0.2) is 5.96 Å². The number of hydrogen-bond acceptors (Lipinski definition) is 4. The van der Waals surface area contributed by atoms with Crippen molar-refractivity contribution >= 4 is 29.9 Å². The Hall–Kier alpha value is -0.120. The molecule has 27 heavy (non-hydrogen) atoms. The SMILES string of the molecule is CN=C(NCC1(N2CCCCC2)CCN(C)CC1)N1CCC(COC)C1.I. The van der Waals surface area contributed by atoms with Crippen molar-refractivity contribution < 1.29 is 4.74 Å². The van der Waals surface area contributed by atoms with Crippen LogP contribution in [0.1, 0.15) is 38.5 Å². The highest BCUT2D eigenvalue weighted by Gasteiger charge is 2.40. The summed E-state index contributed by atoms with van der Waals surface area (Å²) in [5.74, 6) is 1.72. The van der Waals surface area contributed by atoms with Gasteiger partial charge in [0.1, 0.15) is 0 Å². The van der Waals surface area contributed by atoms with E-state index >= 15 is 0 Å². The molecule has 3 heterocycles. The summed E-state index contributed by atoms with van der Waals surface area (Å²) in [6, 6.07) is 0. The van der Waals surface area contributed by atoms with Gasteiger partial charge in [0.25, 0.3) is 0 Å². The number of piperidine rings is 2. The number of ether oxygens (including phenoxy) is 1. The zero-order valence-corrected chi connectivity index (χ0v) is 19.9. The molecule has 0 radical (unpaired) electrons. The van der Waals surface area contributed by atoms with E-state index in [2.05, 4.69) is 32.1 Å². The number of halogens is 1. The van der Waals surface area contributed by atoms with E-state index in [-0.39, 0.29) is 24.0 Å². The van der Waals surface area contributed by atoms with Crippen LogP contribution in [-0.4, -0.2) is 99.8 Å². The Morgan fingerprint density at radius 1 is 1.11 bits per heavy atom. The first-order valence-corrected chi connectivity index (χ1v) is 10.5. The Morgan fingerprint density at radius 2 is 1.81 bits per heavy atom. The van der Waals surface area contributed by atoms with Gasteiger partial charge in [-0.1, -0.05) is 6.42 Å². The number of methoxy groups -OCH3 is 1. The lowest BCUT2D eigenvalue weighted by atomic mass is 9.84. The van der Waals surface area contributed by atoms with Crippen molar-refractivity contribution in [2.75, 3.05) is 73.6 Å². The van der Waals surface area contributed by atoms with Gasteiger partial charge >= 0.3 is 0 Å². The Morgan fingerprint density at radius 3 is 2.44 bits per heavy atom. The maximum absolute atomic E-state index is 5.35. The van der Waals surface area contributed by atoms with Crippen LogP contribution in [-0.2, 0) is 4.74 Å². The zero-order valence-electron chi connectivity index (χ0n) is 17.6. The average molecular weight is 493 g/mol. The second-order valence-electron chi connectivity index (χ2n) is 8.53. The summed E-state index contributed by atoms with van der Waals surface area (Å²) in [6.07, 6.45) is 7.85. The molecule has 1 unspecified atom stereocenters. The second kappa shape index (κ2) is 11.2. The molecule has 0 spiro atoms. The lowest BCUT2D eigenvalue weighted by Gasteiger charge is -2.50. The van der Waals surface area contributed by atoms with Crippen molar-refractivity contribution in [3.8, 4) is 0 Å². The summed E-state index contributed by atoms with van der Waals surface area (Å²) >= 11 is 0. The van der Waals surface area contributed by atoms with Gasteiger partial charge in [0.05, 0.1) is 6.61 Å². The minimum atomic E-state index is 0. The maximum Gasteiger partial charge on any atom is 0.193 e. The standard InChI is InChI=1S/C20H39N5O.HI/c1-21-19(24-12-7-18(15-24)16-26-3)22-17-20(8-13-23(2)14-9-20)25-10-5-4-6-11-25;/h18H,4-17H2,1-3H3,(H,21,22);1H. The van der Waals surface area contributed by atoms with Crippen LogP contribution in [0.4, 0.5) is 0 Å². The highest BCUT2D eigenvalue weighted by Crippen LogP contribution is 2.31. The number of nitrogens with one attached hydrogen (secondary N) is 1. The van der Waals surface area contributed by atoms with Crippen LogP contribution in [0.25, 0.3) is 0 Å². The summed E-state index contributed by atoms with van der Waals surface area (Å²) in [6.45, 7) is 8.98. The molecule has 0 bridgehead atoms. The van der Waals surface area contributed by atoms with Crippen molar-refractivity contribution in [3.63, 3.8) is 0 Å². The third-order valence-corrected chi connectivity index (χ3v) is 6.72. The van der Waals surface area contributed by atoms with E-state index in [0.29, 0.717) is 11.5 Å². The van der Waals surface area contributed by atoms with E-state index in [1.165, 1.54) is 64.7 Å². The molecule has 3 aliphatic rings. The highest BCUT2D eigenvalue weighted by molar-refractivity contribution is 14.0. The Kier molecular flexibility index (Phi) is 9.58. The molecule has 3 rings (SSSR count). The van der Waals surface area contributed by atoms with Crippen molar-refractivity contribution in [1.29, 1.82) is 0 Å². The van der Waals surface area contributed by atoms with Gasteiger partial charge < -0.3 is 19.9 Å². The first kappa shape index (κ1) is 23.2. The van der Waals surface area contributed by atoms with Crippen LogP contribution in [0.3, 0.4) is 0 Å². The molecule has 1 atom stereocenters. The normalized spacial score (nSPS) is 27.4. The second-order valence-corrected chi connectivity index (χ2v) is 8.53. The van der Waals surface area contributed by atoms with Gasteiger partial charge in [0.2, 0.25) is 0 Å². The van der Waals surface area contributed by atoms with Crippen molar-refractivity contribution in [2.45, 2.75) is 44.1 Å². The van der Waals surface area contributed by atoms with E-state index < -0.39 is 0 Å². The number of guanidine groups is 1. The van der Waals surface area contributed by atoms with Gasteiger partial charge in [-0.05, 0) is 65.3 Å². The minimum absolute atomic E-state index is 0. The molecule has 3 aliphatic heterocycles. The first-order valence-electron chi connectivity index (χ1n) is 10.5. The molecular weight excluding hydrogens is 453 g/mol. The minimum Gasteiger partial charge on any atom is -0.384 e. The van der Waals surface area contributed by atoms with Crippen LogP contribution in [0.15, 0.2) is 4.99 Å². The molecule has 0 aromatic heterocycles. The number of likely N-dealkylation sites (tertiary alicyclic amines) is 3. The molecule has 3 fully saturated rings. The lowest BCUT2D eigenvalue weighted by Crippen LogP contribution is -2.62. The Labute approximate surface area is 183 Å². The van der Waals surface area contributed by atoms with Crippen LogP contribution in [0.5, 0.6) is 0 Å². The van der Waals surface area contributed by atoms with Crippen molar-refractivity contribution in [2.24, 2.45) is 10.9 Å². The lowest BCUT2D eigenvalue weighted by molar-refractivity contribution is 0.0170. The summed E-state index contributed by atoms with van der Waals surface area (Å²) in [7, 11) is 5.99. The molecule has 0 aromatic rings. The third-order valence-electron chi connectivity index (χ3n) is 6.72. The monoisotopic (exact) mass is 493 g/mol. The summed E-state index contributed by atoms with van der Waals surface area (Å²) in [5, 5.41) is 3.77. The van der Waals surface area contributed by atoms with Gasteiger partial charge in [0, 0.05) is 45.2 Å². The summed E-state index contributed by atoms with van der Waals surface area (Å²) in [5.41, 5.74) is 0.300. The number of hydrogen-bond donors (Lipinski definition) is 1. The quantitative estimate of drug-likeness (QED) is 0.361. The van der Waals surface area contributed by atoms with Gasteiger partial charge in [-0.15, -0.1) is 24.0 Å². The molecule has 0 aliphatic carbocycles. The van der Waals surface area contributed by atoms with E-state index in [1.807, 2.05) is 7.05 Å². The van der Waals surface area contributed by atoms with Crippen molar-refractivity contribution in [3.05, 3.63) is 0 Å². The van der Waals surface area contributed by atoms with Crippen LogP contribution >= 0.6 is 24.0 Å². The van der Waals surface area contributed by atoms with E-state index in [0.717, 1.165) is 32.2 Å². The Balaban J connectivity index is 0.00000261. The van der Waals surface area contributed by atoms with Gasteiger partial charge in [-0.25, -0.2) is 0 Å². The molecular formula is C20H40IN5O. The van der Waals surface area contributed by atoms with E-state index in [9.17, 15) is 0 Å². The number of aliphatic imine (C=N–C) groups is 1. The predicted octanol–water partition coefficient (Wildman–Crippen LogP) is 2.10. The molecule has 1 N–H and O–H groups in total. The van der Waals surface area contributed by atoms with Gasteiger partial charge in [-0.2, -0.15) is 0 Å². The van der Waals surface area contributed by atoms with Crippen LogP contribution < -0.4 is 5.32 Å². The molecule has 0 amide bonds. The number of nitrogens with zero attached hydrogens (tertiary/aromatic N) is 4. The molecule has 7 heteroatoms. The smallest absolute Gasteiger partial charge is 0.193 e. The first-order chi connectivity index (χ1) is 12.7. The number of rotatable bonds is 5. The van der Waals surface area contributed by atoms with Crippen LogP contribution in [0, 0.1) is 5.92 Å². The Bertz CT molecular complexity index is 461. The van der Waals surface area contributed by atoms with Gasteiger partial charge in [-0.3, -0.25) is 9.89 Å². The fraction of sp³-hybridized carbons (Fsp3) is 0.950. The summed E-state index contributed by atoms with van der Waals surface area (Å²) in [4.78, 5) is 12.3. The van der Waals surface area contributed by atoms with E-state index in [1.54, 1.807) is 7.11 Å². The van der Waals surface area contributed by atoms with Crippen molar-refractivity contribution in [1.82, 2.24) is 20.0 Å². The molecule has 158 valence electrons. The zero-order chi connectivity index (χ0) is 18.4. The molecule has 3 saturated heterocycles. The maximum atomic E-state index is 5.35. The molecule has 0 aromatic carbocycles. The fourth-order valence-corrected chi connectivity index (χ4v) is 4.98. The predicted molar refractivity (Wildman–Crippen MR) is 123 cm³/mol. The molecule has 0 saturated carbocycles. The average Bonchev–Trinajstić information content (AvgIpc) is 3.13. The highest BCUT2D eigenvalue weighted by atomic mass is 127. The largest absolute Gasteiger partial charge is 0.384 e.